The van der Waals surface area contributed by atoms with Gasteiger partial charge in [-0.2, -0.15) is 14.3 Å². The Morgan fingerprint density at radius 2 is 1.50 bits per heavy atom. The van der Waals surface area contributed by atoms with Crippen molar-refractivity contribution < 1.29 is 8.42 Å². The largest absolute Gasteiger partial charge is 0.365 e. The molecular formula is C30H41Cl2N9O2S. The van der Waals surface area contributed by atoms with Crippen LogP contribution in [0.1, 0.15) is 70.3 Å². The Morgan fingerprint density at radius 1 is 0.795 bits per heavy atom. The monoisotopic (exact) mass is 661 g/mol. The van der Waals surface area contributed by atoms with E-state index in [1.807, 2.05) is 24.5 Å². The normalized spacial score (nSPS) is 22.0. The van der Waals surface area contributed by atoms with E-state index in [0.29, 0.717) is 55.3 Å². The summed E-state index contributed by atoms with van der Waals surface area (Å²) >= 11 is 0. The Balaban J connectivity index is 0.00000192. The van der Waals surface area contributed by atoms with E-state index in [9.17, 15) is 8.42 Å². The average Bonchev–Trinajstić information content (AvgIpc) is 3.69. The number of aromatic nitrogens is 5. The van der Waals surface area contributed by atoms with Gasteiger partial charge >= 0.3 is 0 Å². The molecule has 14 heteroatoms. The molecule has 0 amide bonds. The zero-order chi connectivity index (χ0) is 28.7. The first-order chi connectivity index (χ1) is 20.5. The van der Waals surface area contributed by atoms with E-state index in [2.05, 4.69) is 20.2 Å². The molecule has 3 aliphatic rings. The van der Waals surface area contributed by atoms with E-state index in [-0.39, 0.29) is 41.8 Å². The molecule has 4 aromatic rings. The molecule has 1 aliphatic heterocycles. The van der Waals surface area contributed by atoms with Crippen molar-refractivity contribution in [1.29, 1.82) is 0 Å². The van der Waals surface area contributed by atoms with Crippen molar-refractivity contribution in [2.45, 2.75) is 93.3 Å². The summed E-state index contributed by atoms with van der Waals surface area (Å²) in [5, 5.41) is 8.04. The van der Waals surface area contributed by atoms with Crippen LogP contribution in [-0.4, -0.2) is 68.4 Å². The number of hydrogen-bond donors (Lipinski definition) is 3. The molecule has 238 valence electrons. The molecule has 11 nitrogen and oxygen atoms in total. The summed E-state index contributed by atoms with van der Waals surface area (Å²) in [5.74, 6) is 1.33. The average molecular weight is 663 g/mol. The number of hydrogen-bond acceptors (Lipinski definition) is 9. The molecule has 4 N–H and O–H groups in total. The fourth-order valence-corrected chi connectivity index (χ4v) is 8.47. The van der Waals surface area contributed by atoms with E-state index in [1.54, 1.807) is 22.6 Å². The minimum Gasteiger partial charge on any atom is -0.365 e. The highest BCUT2D eigenvalue weighted by molar-refractivity contribution is 7.89. The third-order valence-electron chi connectivity index (χ3n) is 9.25. The third kappa shape index (κ3) is 6.46. The summed E-state index contributed by atoms with van der Waals surface area (Å²) in [5.41, 5.74) is 8.29. The van der Waals surface area contributed by atoms with Gasteiger partial charge in [-0.15, -0.1) is 24.8 Å². The summed E-state index contributed by atoms with van der Waals surface area (Å²) in [6, 6.07) is 10.1. The fraction of sp³-hybridized carbons (Fsp3) is 0.533. The lowest BCUT2D eigenvalue weighted by molar-refractivity contribution is 0.330. The maximum absolute atomic E-state index is 13.6. The molecule has 0 spiro atoms. The number of benzene rings is 1. The first-order valence-corrected chi connectivity index (χ1v) is 16.8. The number of nitrogens with two attached hydrogens (primary N) is 1. The van der Waals surface area contributed by atoms with Gasteiger partial charge in [0.1, 0.15) is 4.90 Å². The number of para-hydroxylation sites is 1. The van der Waals surface area contributed by atoms with Gasteiger partial charge in [0.25, 0.3) is 0 Å². The Labute approximate surface area is 270 Å². The van der Waals surface area contributed by atoms with Crippen molar-refractivity contribution in [1.82, 2.24) is 28.8 Å². The van der Waals surface area contributed by atoms with Crippen LogP contribution < -0.4 is 16.4 Å². The molecule has 0 radical (unpaired) electrons. The van der Waals surface area contributed by atoms with Crippen LogP contribution in [0.4, 0.5) is 11.8 Å². The lowest BCUT2D eigenvalue weighted by atomic mass is 9.92. The lowest BCUT2D eigenvalue weighted by Gasteiger charge is -2.32. The second-order valence-electron chi connectivity index (χ2n) is 12.1. The molecule has 0 atom stereocenters. The van der Waals surface area contributed by atoms with Crippen LogP contribution in [0, 0.1) is 0 Å². The van der Waals surface area contributed by atoms with Gasteiger partial charge in [0.2, 0.25) is 16.0 Å². The highest BCUT2D eigenvalue weighted by Gasteiger charge is 2.32. The van der Waals surface area contributed by atoms with Gasteiger partial charge < -0.3 is 20.9 Å². The Morgan fingerprint density at radius 3 is 2.25 bits per heavy atom. The number of anilines is 2. The standard InChI is InChI=1S/C30H39N9O2S.2ClH/c31-21-10-12-22(13-11-21)35-30-36-28(27-29(37-30)39(19-33-27)24-7-1-2-8-24)34-23-14-17-38(18-15-23)42(40,41)25-9-3-5-20-6-4-16-32-26(20)25;;/h3-6,9,16,19,21-24H,1-2,7-8,10-15,17-18,31H2,(H2,34,35,36,37);2*1H. The smallest absolute Gasteiger partial charge is 0.245 e. The molecule has 3 fully saturated rings. The second kappa shape index (κ2) is 13.7. The van der Waals surface area contributed by atoms with Crippen molar-refractivity contribution in [3.63, 3.8) is 0 Å². The molecule has 0 bridgehead atoms. The van der Waals surface area contributed by atoms with Crippen LogP contribution in [0.25, 0.3) is 22.1 Å². The van der Waals surface area contributed by atoms with E-state index in [4.69, 9.17) is 20.7 Å². The highest BCUT2D eigenvalue weighted by Crippen LogP contribution is 2.34. The maximum Gasteiger partial charge on any atom is 0.245 e. The number of nitrogens with one attached hydrogen (secondary N) is 2. The van der Waals surface area contributed by atoms with Crippen molar-refractivity contribution >= 4 is 68.7 Å². The number of imidazole rings is 1. The zero-order valence-electron chi connectivity index (χ0n) is 24.6. The third-order valence-corrected chi connectivity index (χ3v) is 11.2. The van der Waals surface area contributed by atoms with Crippen molar-refractivity contribution in [3.8, 4) is 0 Å². The van der Waals surface area contributed by atoms with E-state index >= 15 is 0 Å². The van der Waals surface area contributed by atoms with Crippen molar-refractivity contribution in [2.24, 2.45) is 5.73 Å². The Bertz CT molecular complexity index is 1680. The molecule has 0 unspecified atom stereocenters. The summed E-state index contributed by atoms with van der Waals surface area (Å²) < 4.78 is 31.1. The summed E-state index contributed by atoms with van der Waals surface area (Å²) in [6.07, 6.45) is 13.6. The van der Waals surface area contributed by atoms with Crippen LogP contribution in [0.5, 0.6) is 0 Å². The number of rotatable bonds is 7. The summed E-state index contributed by atoms with van der Waals surface area (Å²) in [4.78, 5) is 19.3. The quantitative estimate of drug-likeness (QED) is 0.241. The predicted octanol–water partition coefficient (Wildman–Crippen LogP) is 5.28. The second-order valence-corrected chi connectivity index (χ2v) is 14.0. The first kappa shape index (κ1) is 32.6. The fourth-order valence-electron chi connectivity index (χ4n) is 6.83. The van der Waals surface area contributed by atoms with E-state index in [0.717, 1.165) is 55.1 Å². The molecule has 2 aliphatic carbocycles. The molecule has 2 saturated carbocycles. The van der Waals surface area contributed by atoms with Crippen LogP contribution in [0.3, 0.4) is 0 Å². The van der Waals surface area contributed by atoms with Crippen LogP contribution >= 0.6 is 24.8 Å². The van der Waals surface area contributed by atoms with Crippen molar-refractivity contribution in [3.05, 3.63) is 42.9 Å². The van der Waals surface area contributed by atoms with Gasteiger partial charge in [-0.1, -0.05) is 31.0 Å². The molecular weight excluding hydrogens is 621 g/mol. The van der Waals surface area contributed by atoms with E-state index in [1.165, 1.54) is 12.8 Å². The maximum atomic E-state index is 13.6. The first-order valence-electron chi connectivity index (χ1n) is 15.3. The molecule has 44 heavy (non-hydrogen) atoms. The SMILES string of the molecule is Cl.Cl.NC1CCC(Nc2nc(NC3CCN(S(=O)(=O)c4cccc5cccnc45)CC3)c3ncn(C4CCCC4)c3n2)CC1. The van der Waals surface area contributed by atoms with Gasteiger partial charge in [-0.25, -0.2) is 13.4 Å². The van der Waals surface area contributed by atoms with Gasteiger partial charge in [-0.05, 0) is 63.5 Å². The van der Waals surface area contributed by atoms with Gasteiger partial charge in [0.05, 0.1) is 11.8 Å². The summed E-state index contributed by atoms with van der Waals surface area (Å²) in [7, 11) is -3.67. The number of nitrogens with zero attached hydrogens (tertiary/aromatic N) is 6. The molecule has 1 saturated heterocycles. The van der Waals surface area contributed by atoms with Crippen LogP contribution in [-0.2, 0) is 10.0 Å². The topological polar surface area (TPSA) is 144 Å². The number of pyridine rings is 1. The molecule has 4 heterocycles. The van der Waals surface area contributed by atoms with Crippen molar-refractivity contribution in [2.75, 3.05) is 23.7 Å². The Kier molecular flexibility index (Phi) is 10.2. The van der Waals surface area contributed by atoms with E-state index < -0.39 is 10.0 Å². The Hall–Kier alpha value is -2.77. The lowest BCUT2D eigenvalue weighted by Crippen LogP contribution is -2.42. The van der Waals surface area contributed by atoms with Crippen LogP contribution in [0.2, 0.25) is 0 Å². The number of piperidine rings is 1. The van der Waals surface area contributed by atoms with Gasteiger partial charge in [-0.3, -0.25) is 4.98 Å². The minimum atomic E-state index is -3.67. The number of halogens is 2. The highest BCUT2D eigenvalue weighted by atomic mass is 35.5. The summed E-state index contributed by atoms with van der Waals surface area (Å²) in [6.45, 7) is 0.836. The molecule has 1 aromatic carbocycles. The van der Waals surface area contributed by atoms with Crippen LogP contribution in [0.15, 0.2) is 47.8 Å². The number of fused-ring (bicyclic) bond motifs is 2. The van der Waals surface area contributed by atoms with Gasteiger partial charge in [0, 0.05) is 48.8 Å². The molecule has 3 aromatic heterocycles. The van der Waals surface area contributed by atoms with Gasteiger partial charge in [0.15, 0.2) is 17.0 Å². The predicted molar refractivity (Wildman–Crippen MR) is 178 cm³/mol. The zero-order valence-corrected chi connectivity index (χ0v) is 27.1. The molecule has 7 rings (SSSR count). The minimum absolute atomic E-state index is 0. The number of sulfonamides is 1.